The molecule has 3 aromatic rings. The lowest BCUT2D eigenvalue weighted by Crippen LogP contribution is -2.17. The van der Waals surface area contributed by atoms with Gasteiger partial charge in [0.15, 0.2) is 5.76 Å². The Labute approximate surface area is 165 Å². The van der Waals surface area contributed by atoms with Gasteiger partial charge in [-0.1, -0.05) is 25.1 Å². The van der Waals surface area contributed by atoms with E-state index >= 15 is 0 Å². The van der Waals surface area contributed by atoms with E-state index in [1.54, 1.807) is 24.3 Å². The van der Waals surface area contributed by atoms with Crippen molar-refractivity contribution in [2.75, 3.05) is 12.4 Å². The molecule has 1 N–H and O–H groups in total. The fourth-order valence-corrected chi connectivity index (χ4v) is 4.96. The van der Waals surface area contributed by atoms with Crippen LogP contribution in [-0.2, 0) is 17.6 Å². The van der Waals surface area contributed by atoms with Crippen LogP contribution in [0.4, 0.5) is 5.00 Å². The molecule has 28 heavy (non-hydrogen) atoms. The second-order valence-corrected chi connectivity index (χ2v) is 8.09. The van der Waals surface area contributed by atoms with Crippen molar-refractivity contribution in [1.82, 2.24) is 0 Å². The number of anilines is 1. The number of amides is 1. The van der Waals surface area contributed by atoms with E-state index in [-0.39, 0.29) is 5.76 Å². The predicted molar refractivity (Wildman–Crippen MR) is 107 cm³/mol. The van der Waals surface area contributed by atoms with Crippen LogP contribution < -0.4 is 10.9 Å². The van der Waals surface area contributed by atoms with Gasteiger partial charge in [-0.15, -0.1) is 11.3 Å². The zero-order chi connectivity index (χ0) is 19.8. The van der Waals surface area contributed by atoms with Crippen molar-refractivity contribution in [2.45, 2.75) is 26.2 Å². The van der Waals surface area contributed by atoms with Crippen LogP contribution in [0.2, 0.25) is 0 Å². The summed E-state index contributed by atoms with van der Waals surface area (Å²) in [4.78, 5) is 38.4. The molecular formula is C21H19NO5S. The highest BCUT2D eigenvalue weighted by Gasteiger charge is 2.29. The zero-order valence-corrected chi connectivity index (χ0v) is 16.4. The second kappa shape index (κ2) is 7.24. The van der Waals surface area contributed by atoms with Crippen molar-refractivity contribution in [3.63, 3.8) is 0 Å². The summed E-state index contributed by atoms with van der Waals surface area (Å²) >= 11 is 1.39. The van der Waals surface area contributed by atoms with Gasteiger partial charge in [-0.2, -0.15) is 0 Å². The number of carbonyl (C=O) groups excluding carboxylic acids is 2. The molecule has 144 valence electrons. The molecule has 7 heteroatoms. The van der Waals surface area contributed by atoms with Gasteiger partial charge in [0.1, 0.15) is 5.00 Å². The van der Waals surface area contributed by atoms with Gasteiger partial charge in [-0.05, 0) is 48.3 Å². The van der Waals surface area contributed by atoms with Crippen LogP contribution in [0.3, 0.4) is 0 Å². The number of hydrogen-bond donors (Lipinski definition) is 1. The maximum absolute atomic E-state index is 12.8. The maximum Gasteiger partial charge on any atom is 0.344 e. The van der Waals surface area contributed by atoms with Crippen LogP contribution in [0, 0.1) is 5.92 Å². The van der Waals surface area contributed by atoms with Gasteiger partial charge in [0.05, 0.1) is 18.1 Å². The molecule has 0 spiro atoms. The molecule has 6 nitrogen and oxygen atoms in total. The van der Waals surface area contributed by atoms with Crippen molar-refractivity contribution in [3.05, 3.63) is 62.5 Å². The number of ether oxygens (including phenoxy) is 1. The summed E-state index contributed by atoms with van der Waals surface area (Å²) in [5.74, 6) is -0.611. The lowest BCUT2D eigenvalue weighted by molar-refractivity contribution is 0.0601. The van der Waals surface area contributed by atoms with E-state index in [0.29, 0.717) is 27.3 Å². The summed E-state index contributed by atoms with van der Waals surface area (Å²) in [6.07, 6.45) is 2.63. The molecule has 0 radical (unpaired) electrons. The largest absolute Gasteiger partial charge is 0.465 e. The normalized spacial score (nSPS) is 15.9. The van der Waals surface area contributed by atoms with E-state index in [4.69, 9.17) is 9.15 Å². The fraction of sp³-hybridized carbons (Fsp3) is 0.286. The van der Waals surface area contributed by atoms with Crippen molar-refractivity contribution < 1.29 is 18.7 Å². The van der Waals surface area contributed by atoms with Crippen LogP contribution >= 0.6 is 11.3 Å². The highest BCUT2D eigenvalue weighted by molar-refractivity contribution is 7.17. The first-order valence-corrected chi connectivity index (χ1v) is 9.86. The summed E-state index contributed by atoms with van der Waals surface area (Å²) in [6, 6.07) is 8.44. The first kappa shape index (κ1) is 18.4. The monoisotopic (exact) mass is 397 g/mol. The minimum absolute atomic E-state index is 0.0979. The Morgan fingerprint density at radius 1 is 1.29 bits per heavy atom. The van der Waals surface area contributed by atoms with E-state index < -0.39 is 17.5 Å². The second-order valence-electron chi connectivity index (χ2n) is 6.99. The SMILES string of the molecule is COC(=O)c1c(NC(=O)c2cc3ccccc3c(=O)o2)sc2c1CCC(C)C2. The zero-order valence-electron chi connectivity index (χ0n) is 15.5. The third-order valence-corrected chi connectivity index (χ3v) is 6.19. The predicted octanol–water partition coefficient (Wildman–Crippen LogP) is 4.02. The summed E-state index contributed by atoms with van der Waals surface area (Å²) < 4.78 is 10.1. The molecule has 0 saturated heterocycles. The molecule has 0 fully saturated rings. The molecule has 0 aliphatic heterocycles. The molecule has 1 aliphatic rings. The summed E-state index contributed by atoms with van der Waals surface area (Å²) in [7, 11) is 1.33. The molecule has 0 bridgehead atoms. The van der Waals surface area contributed by atoms with Crippen LogP contribution in [0.15, 0.2) is 39.5 Å². The van der Waals surface area contributed by atoms with Gasteiger partial charge in [-0.25, -0.2) is 9.59 Å². The number of fused-ring (bicyclic) bond motifs is 2. The summed E-state index contributed by atoms with van der Waals surface area (Å²) in [5, 5.41) is 4.22. The molecule has 2 heterocycles. The number of benzene rings is 1. The molecule has 1 atom stereocenters. The van der Waals surface area contributed by atoms with Gasteiger partial charge in [0.25, 0.3) is 5.91 Å². The van der Waals surface area contributed by atoms with E-state index in [9.17, 15) is 14.4 Å². The fourth-order valence-electron chi connectivity index (χ4n) is 3.57. The van der Waals surface area contributed by atoms with Crippen LogP contribution in [0.1, 0.15) is 44.7 Å². The van der Waals surface area contributed by atoms with E-state index in [1.165, 1.54) is 24.5 Å². The Kier molecular flexibility index (Phi) is 4.77. The van der Waals surface area contributed by atoms with Crippen LogP contribution in [-0.4, -0.2) is 19.0 Å². The van der Waals surface area contributed by atoms with Crippen molar-refractivity contribution in [1.29, 1.82) is 0 Å². The Bertz CT molecular complexity index is 1140. The molecule has 1 aliphatic carbocycles. The smallest absolute Gasteiger partial charge is 0.344 e. The Balaban J connectivity index is 1.72. The number of hydrogen-bond acceptors (Lipinski definition) is 6. The van der Waals surface area contributed by atoms with Crippen molar-refractivity contribution in [3.8, 4) is 0 Å². The number of rotatable bonds is 3. The minimum Gasteiger partial charge on any atom is -0.465 e. The Morgan fingerprint density at radius 3 is 2.86 bits per heavy atom. The molecule has 1 amide bonds. The Hall–Kier alpha value is -2.93. The molecule has 1 unspecified atom stereocenters. The molecule has 2 aromatic heterocycles. The first-order valence-electron chi connectivity index (χ1n) is 9.05. The highest BCUT2D eigenvalue weighted by atomic mass is 32.1. The molecule has 4 rings (SSSR count). The topological polar surface area (TPSA) is 85.6 Å². The van der Waals surface area contributed by atoms with E-state index in [2.05, 4.69) is 12.2 Å². The Morgan fingerprint density at radius 2 is 2.07 bits per heavy atom. The van der Waals surface area contributed by atoms with Crippen LogP contribution in [0.5, 0.6) is 0 Å². The van der Waals surface area contributed by atoms with Gasteiger partial charge in [-0.3, -0.25) is 4.79 Å². The number of methoxy groups -OCH3 is 1. The standard InChI is InChI=1S/C21H19NO5S/c1-11-7-8-14-16(9-11)28-19(17(14)21(25)26-2)22-18(23)15-10-12-5-3-4-6-13(12)20(24)27-15/h3-6,10-11H,7-9H2,1-2H3,(H,22,23). The summed E-state index contributed by atoms with van der Waals surface area (Å²) in [5.41, 5.74) is 0.784. The van der Waals surface area contributed by atoms with Gasteiger partial charge >= 0.3 is 11.6 Å². The van der Waals surface area contributed by atoms with E-state index in [0.717, 1.165) is 29.7 Å². The lowest BCUT2D eigenvalue weighted by atomic mass is 9.88. The highest BCUT2D eigenvalue weighted by Crippen LogP contribution is 2.40. The lowest BCUT2D eigenvalue weighted by Gasteiger charge is -2.18. The number of esters is 1. The third kappa shape index (κ3) is 3.22. The van der Waals surface area contributed by atoms with Gasteiger partial charge in [0, 0.05) is 4.88 Å². The third-order valence-electron chi connectivity index (χ3n) is 5.02. The molecular weight excluding hydrogens is 378 g/mol. The molecule has 0 saturated carbocycles. The quantitative estimate of drug-likeness (QED) is 0.675. The summed E-state index contributed by atoms with van der Waals surface area (Å²) in [6.45, 7) is 2.17. The van der Waals surface area contributed by atoms with Crippen molar-refractivity contribution in [2.24, 2.45) is 5.92 Å². The average molecular weight is 397 g/mol. The number of nitrogens with one attached hydrogen (secondary N) is 1. The van der Waals surface area contributed by atoms with Crippen molar-refractivity contribution >= 4 is 39.0 Å². The maximum atomic E-state index is 12.8. The average Bonchev–Trinajstić information content (AvgIpc) is 3.04. The van der Waals surface area contributed by atoms with Crippen LogP contribution in [0.25, 0.3) is 10.8 Å². The number of thiophene rings is 1. The van der Waals surface area contributed by atoms with Gasteiger partial charge < -0.3 is 14.5 Å². The van der Waals surface area contributed by atoms with E-state index in [1.807, 2.05) is 0 Å². The van der Waals surface area contributed by atoms with Gasteiger partial charge in [0.2, 0.25) is 0 Å². The molecule has 1 aromatic carbocycles. The minimum atomic E-state index is -0.573. The number of carbonyl (C=O) groups is 2. The first-order chi connectivity index (χ1) is 13.5.